The summed E-state index contributed by atoms with van der Waals surface area (Å²) in [6.45, 7) is 7.08. The van der Waals surface area contributed by atoms with Gasteiger partial charge in [-0.1, -0.05) is 13.8 Å². The number of nitrogens with zero attached hydrogens (tertiary/aromatic N) is 15. The second kappa shape index (κ2) is 12.5. The molecule has 5 heterocycles. The molecule has 0 aliphatic heterocycles. The van der Waals surface area contributed by atoms with Gasteiger partial charge >= 0.3 is 5.97 Å². The molecule has 5 rings (SSSR count). The third-order valence-corrected chi connectivity index (χ3v) is 6.73. The highest BCUT2D eigenvalue weighted by molar-refractivity contribution is 6.34. The number of nitrogens with two attached hydrogens (primary N) is 2. The summed E-state index contributed by atoms with van der Waals surface area (Å²) in [6, 6.07) is 0. The van der Waals surface area contributed by atoms with Crippen LogP contribution in [0.5, 0.6) is 0 Å². The maximum Gasteiger partial charge on any atom is 0.343 e. The van der Waals surface area contributed by atoms with Gasteiger partial charge in [-0.3, -0.25) is 9.59 Å². The summed E-state index contributed by atoms with van der Waals surface area (Å²) in [5.74, 6) is -0.848. The SMILES string of the molecule is COC(=O)c1cnn(C)c1/N=N/c1c(C)nn(-c2nc(C(C)C)nc(-n3nc(C)c(/N=N/c4c(C(=O)C=O)cnn4C)c3N)n2)c1N. The van der Waals surface area contributed by atoms with E-state index in [0.717, 1.165) is 0 Å². The number of hydrogen-bond donors (Lipinski definition) is 2. The van der Waals surface area contributed by atoms with Crippen LogP contribution >= 0.6 is 0 Å². The molecule has 0 spiro atoms. The molecule has 0 amide bonds. The third kappa shape index (κ3) is 5.83. The van der Waals surface area contributed by atoms with Crippen LogP contribution in [0, 0.1) is 13.8 Å². The molecule has 0 fully saturated rings. The maximum absolute atomic E-state index is 12.1. The largest absolute Gasteiger partial charge is 0.465 e. The highest BCUT2D eigenvalue weighted by atomic mass is 16.5. The summed E-state index contributed by atoms with van der Waals surface area (Å²) < 4.78 is 9.97. The first-order chi connectivity index (χ1) is 22.4. The van der Waals surface area contributed by atoms with Gasteiger partial charge in [0.1, 0.15) is 11.4 Å². The summed E-state index contributed by atoms with van der Waals surface area (Å²) in [7, 11) is 4.39. The Hall–Kier alpha value is -6.54. The average molecular weight is 644 g/mol. The van der Waals surface area contributed by atoms with Crippen LogP contribution in [0.2, 0.25) is 0 Å². The molecule has 0 bridgehead atoms. The van der Waals surface area contributed by atoms with E-state index >= 15 is 0 Å². The van der Waals surface area contributed by atoms with Crippen molar-refractivity contribution in [2.45, 2.75) is 33.6 Å². The molecule has 5 aromatic rings. The molecule has 242 valence electrons. The van der Waals surface area contributed by atoms with Gasteiger partial charge in [-0.15, -0.1) is 20.5 Å². The third-order valence-electron chi connectivity index (χ3n) is 6.73. The summed E-state index contributed by atoms with van der Waals surface area (Å²) >= 11 is 0. The Morgan fingerprint density at radius 1 is 0.809 bits per heavy atom. The van der Waals surface area contributed by atoms with Crippen molar-refractivity contribution in [3.63, 3.8) is 0 Å². The number of azo groups is 2. The fraction of sp³-hybridized carbons (Fsp3) is 0.308. The monoisotopic (exact) mass is 643 g/mol. The average Bonchev–Trinajstić information content (AvgIpc) is 3.77. The van der Waals surface area contributed by atoms with Crippen LogP contribution in [0.3, 0.4) is 0 Å². The van der Waals surface area contributed by atoms with Crippen LogP contribution in [0.1, 0.15) is 57.7 Å². The second-order valence-electron chi connectivity index (χ2n) is 10.3. The number of carbonyl (C=O) groups is 3. The number of hydrogen-bond acceptors (Lipinski definition) is 17. The van der Waals surface area contributed by atoms with Crippen molar-refractivity contribution in [3.8, 4) is 11.9 Å². The molecule has 0 aliphatic carbocycles. The minimum Gasteiger partial charge on any atom is -0.465 e. The molecule has 0 aromatic carbocycles. The molecule has 0 atom stereocenters. The molecule has 4 N–H and O–H groups in total. The molecule has 0 aliphatic rings. The van der Waals surface area contributed by atoms with Crippen molar-refractivity contribution in [1.82, 2.24) is 54.1 Å². The van der Waals surface area contributed by atoms with E-state index in [1.54, 1.807) is 27.9 Å². The van der Waals surface area contributed by atoms with Crippen molar-refractivity contribution in [3.05, 3.63) is 40.7 Å². The van der Waals surface area contributed by atoms with Gasteiger partial charge in [0, 0.05) is 20.0 Å². The van der Waals surface area contributed by atoms with E-state index in [2.05, 4.69) is 55.8 Å². The molecule has 0 radical (unpaired) electrons. The summed E-state index contributed by atoms with van der Waals surface area (Å²) in [4.78, 5) is 48.8. The number of carbonyl (C=O) groups excluding carboxylic acids is 3. The molecule has 21 heteroatoms. The Labute approximate surface area is 265 Å². The number of ether oxygens (including phenoxy) is 1. The lowest BCUT2D eigenvalue weighted by molar-refractivity contribution is -0.104. The van der Waals surface area contributed by atoms with Crippen LogP contribution in [-0.2, 0) is 23.6 Å². The standard InChI is InChI=1S/C26H29N17O4/c1-11(2)21-31-25(42-19(27)17(12(3)38-42)34-36-22-14(16(45)10-44)8-29-40(22)5)33-26(32-21)43-20(28)18(13(4)39-43)35-37-23-15(24(46)47-7)9-30-41(23)6/h8-11H,27-28H2,1-7H3/b36-34+,37-35+. The Kier molecular flexibility index (Phi) is 8.45. The predicted molar refractivity (Wildman–Crippen MR) is 163 cm³/mol. The maximum atomic E-state index is 12.1. The quantitative estimate of drug-likeness (QED) is 0.0729. The number of anilines is 2. The van der Waals surface area contributed by atoms with Gasteiger partial charge in [0.05, 0.1) is 36.5 Å². The fourth-order valence-corrected chi connectivity index (χ4v) is 4.23. The van der Waals surface area contributed by atoms with Crippen molar-refractivity contribution in [2.24, 2.45) is 34.6 Å². The van der Waals surface area contributed by atoms with E-state index in [1.807, 2.05) is 13.8 Å². The van der Waals surface area contributed by atoms with Crippen molar-refractivity contribution in [2.75, 3.05) is 18.6 Å². The molecule has 21 nitrogen and oxygen atoms in total. The van der Waals surface area contributed by atoms with E-state index in [0.29, 0.717) is 17.2 Å². The van der Waals surface area contributed by atoms with Crippen LogP contribution in [0.15, 0.2) is 32.9 Å². The smallest absolute Gasteiger partial charge is 0.343 e. The van der Waals surface area contributed by atoms with Gasteiger partial charge in [-0.25, -0.2) is 14.2 Å². The molecule has 0 unspecified atom stereocenters. The lowest BCUT2D eigenvalue weighted by Gasteiger charge is -2.10. The Morgan fingerprint density at radius 2 is 1.28 bits per heavy atom. The van der Waals surface area contributed by atoms with Gasteiger partial charge in [0.15, 0.2) is 40.9 Å². The summed E-state index contributed by atoms with van der Waals surface area (Å²) in [5, 5.41) is 33.6. The van der Waals surface area contributed by atoms with Gasteiger partial charge in [-0.05, 0) is 13.8 Å². The normalized spacial score (nSPS) is 11.7. The van der Waals surface area contributed by atoms with Gasteiger partial charge in [-0.2, -0.15) is 44.7 Å². The van der Waals surface area contributed by atoms with Crippen molar-refractivity contribution in [1.29, 1.82) is 0 Å². The van der Waals surface area contributed by atoms with Gasteiger partial charge in [0.2, 0.25) is 5.78 Å². The van der Waals surface area contributed by atoms with Crippen LogP contribution in [0.4, 0.5) is 34.6 Å². The minimum atomic E-state index is -0.799. The number of aromatic nitrogens is 11. The zero-order chi connectivity index (χ0) is 34.2. The lowest BCUT2D eigenvalue weighted by Crippen LogP contribution is -2.16. The Bertz CT molecular complexity index is 2100. The second-order valence-corrected chi connectivity index (χ2v) is 10.3. The van der Waals surface area contributed by atoms with Crippen LogP contribution in [-0.4, -0.2) is 79.2 Å². The number of aryl methyl sites for hydroxylation is 4. The number of esters is 1. The van der Waals surface area contributed by atoms with E-state index in [-0.39, 0.29) is 69.9 Å². The number of Topliss-reactive ketones (excluding diaryl/α,β-unsaturated/α-hetero) is 1. The Morgan fingerprint density at radius 3 is 1.72 bits per heavy atom. The van der Waals surface area contributed by atoms with E-state index in [4.69, 9.17) is 16.2 Å². The molecule has 5 aromatic heterocycles. The van der Waals surface area contributed by atoms with Crippen molar-refractivity contribution < 1.29 is 19.1 Å². The fourth-order valence-electron chi connectivity index (χ4n) is 4.23. The van der Waals surface area contributed by atoms with Crippen molar-refractivity contribution >= 4 is 52.7 Å². The number of nitrogen functional groups attached to an aromatic ring is 2. The highest BCUT2D eigenvalue weighted by Crippen LogP contribution is 2.33. The first kappa shape index (κ1) is 31.9. The van der Waals surface area contributed by atoms with Gasteiger partial charge < -0.3 is 16.2 Å². The first-order valence-electron chi connectivity index (χ1n) is 13.8. The predicted octanol–water partition coefficient (Wildman–Crippen LogP) is 2.61. The molecule has 47 heavy (non-hydrogen) atoms. The topological polar surface area (TPSA) is 272 Å². The number of ketones is 1. The molecule has 0 saturated heterocycles. The number of methoxy groups -OCH3 is 1. The zero-order valence-corrected chi connectivity index (χ0v) is 26.3. The van der Waals surface area contributed by atoms with E-state index in [9.17, 15) is 14.4 Å². The molecular formula is C26H29N17O4. The first-order valence-corrected chi connectivity index (χ1v) is 13.8. The van der Waals surface area contributed by atoms with E-state index < -0.39 is 11.8 Å². The number of rotatable bonds is 10. The highest BCUT2D eigenvalue weighted by Gasteiger charge is 2.23. The Balaban J connectivity index is 1.55. The molecular weight excluding hydrogens is 614 g/mol. The zero-order valence-electron chi connectivity index (χ0n) is 26.3. The summed E-state index contributed by atoms with van der Waals surface area (Å²) in [6.07, 6.45) is 2.71. The lowest BCUT2D eigenvalue weighted by atomic mass is 10.2. The van der Waals surface area contributed by atoms with Crippen LogP contribution < -0.4 is 11.5 Å². The van der Waals surface area contributed by atoms with Gasteiger partial charge in [0.25, 0.3) is 11.9 Å². The van der Waals surface area contributed by atoms with E-state index in [1.165, 1.54) is 38.2 Å². The number of aldehydes is 1. The van der Waals surface area contributed by atoms with Crippen LogP contribution in [0.25, 0.3) is 11.9 Å². The minimum absolute atomic E-state index is 0.0196. The molecule has 0 saturated carbocycles. The summed E-state index contributed by atoms with van der Waals surface area (Å²) in [5.41, 5.74) is 14.1.